The average Bonchev–Trinajstić information content (AvgIpc) is 2.88. The molecule has 2 nitrogen and oxygen atoms in total. The van der Waals surface area contributed by atoms with Crippen LogP contribution in [-0.2, 0) is 9.59 Å². The van der Waals surface area contributed by atoms with Crippen LogP contribution in [0.5, 0.6) is 0 Å². The van der Waals surface area contributed by atoms with Gasteiger partial charge in [-0.05, 0) is 73.7 Å². The summed E-state index contributed by atoms with van der Waals surface area (Å²) in [5.74, 6) is 3.44. The Morgan fingerprint density at radius 1 is 1.08 bits per heavy atom. The molecule has 0 heterocycles. The summed E-state index contributed by atoms with van der Waals surface area (Å²) in [6.45, 7) is 7.05. The molecule has 0 aromatic rings. The normalized spacial score (nSPS) is 46.0. The van der Waals surface area contributed by atoms with Crippen LogP contribution >= 0.6 is 0 Å². The molecule has 0 N–H and O–H groups in total. The first-order valence-electron chi connectivity index (χ1n) is 10.2. The number of fused-ring (bicyclic) bond motifs is 5. The Morgan fingerprint density at radius 3 is 2.58 bits per heavy atom. The molecule has 2 heteroatoms. The Bertz CT molecular complexity index is 603. The summed E-state index contributed by atoms with van der Waals surface area (Å²) in [6.07, 6.45) is 11.5. The quantitative estimate of drug-likeness (QED) is 0.705. The van der Waals surface area contributed by atoms with E-state index in [0.29, 0.717) is 40.7 Å². The van der Waals surface area contributed by atoms with Gasteiger partial charge in [0.25, 0.3) is 0 Å². The van der Waals surface area contributed by atoms with Crippen molar-refractivity contribution in [2.24, 2.45) is 34.5 Å². The zero-order valence-corrected chi connectivity index (χ0v) is 15.6. The second-order valence-corrected chi connectivity index (χ2v) is 9.33. The van der Waals surface area contributed by atoms with Gasteiger partial charge in [-0.2, -0.15) is 0 Å². The van der Waals surface area contributed by atoms with Gasteiger partial charge in [-0.25, -0.2) is 0 Å². The Labute approximate surface area is 146 Å². The largest absolute Gasteiger partial charge is 0.299 e. The number of carbonyl (C=O) groups is 2. The Balaban J connectivity index is 1.79. The van der Waals surface area contributed by atoms with E-state index in [9.17, 15) is 9.59 Å². The van der Waals surface area contributed by atoms with E-state index in [1.165, 1.54) is 24.8 Å². The first kappa shape index (κ1) is 16.5. The van der Waals surface area contributed by atoms with Crippen molar-refractivity contribution in [1.29, 1.82) is 0 Å². The molecule has 24 heavy (non-hydrogen) atoms. The van der Waals surface area contributed by atoms with Crippen LogP contribution in [0.3, 0.4) is 0 Å². The molecule has 4 aliphatic carbocycles. The van der Waals surface area contributed by atoms with Gasteiger partial charge in [-0.15, -0.1) is 0 Å². The molecule has 0 spiro atoms. The molecule has 132 valence electrons. The third-order valence-electron chi connectivity index (χ3n) is 8.79. The van der Waals surface area contributed by atoms with Crippen LogP contribution in [0.25, 0.3) is 0 Å². The number of hydrogen-bond acceptors (Lipinski definition) is 2. The van der Waals surface area contributed by atoms with E-state index in [2.05, 4.69) is 20.8 Å². The van der Waals surface area contributed by atoms with Crippen LogP contribution in [0.2, 0.25) is 0 Å². The third kappa shape index (κ3) is 2.01. The predicted octanol–water partition coefficient (Wildman–Crippen LogP) is 5.11. The number of allylic oxidation sites excluding steroid dienone is 1. The smallest absolute Gasteiger partial charge is 0.155 e. The molecule has 4 rings (SSSR count). The van der Waals surface area contributed by atoms with Gasteiger partial charge >= 0.3 is 0 Å². The highest BCUT2D eigenvalue weighted by Gasteiger charge is 2.63. The van der Waals surface area contributed by atoms with Crippen molar-refractivity contribution >= 4 is 11.6 Å². The zero-order valence-electron chi connectivity index (χ0n) is 15.6. The fraction of sp³-hybridized carbons (Fsp3) is 0.818. The Morgan fingerprint density at radius 2 is 1.83 bits per heavy atom. The van der Waals surface area contributed by atoms with Gasteiger partial charge in [0, 0.05) is 18.3 Å². The highest BCUT2D eigenvalue weighted by molar-refractivity contribution is 5.91. The minimum absolute atomic E-state index is 0.0483. The van der Waals surface area contributed by atoms with Gasteiger partial charge in [0.15, 0.2) is 5.78 Å². The van der Waals surface area contributed by atoms with Crippen LogP contribution in [0.4, 0.5) is 0 Å². The molecule has 0 aliphatic heterocycles. The molecule has 0 saturated heterocycles. The van der Waals surface area contributed by atoms with Crippen molar-refractivity contribution in [3.8, 4) is 0 Å². The van der Waals surface area contributed by atoms with E-state index >= 15 is 0 Å². The van der Waals surface area contributed by atoms with Crippen LogP contribution in [0, 0.1) is 34.5 Å². The predicted molar refractivity (Wildman–Crippen MR) is 95.5 cm³/mol. The molecule has 0 aromatic carbocycles. The highest BCUT2D eigenvalue weighted by Crippen LogP contribution is 2.68. The molecule has 0 aromatic heterocycles. The number of Topliss-reactive ketones (excluding diaryl/α,β-unsaturated/α-hetero) is 1. The summed E-state index contributed by atoms with van der Waals surface area (Å²) >= 11 is 0. The van der Waals surface area contributed by atoms with Gasteiger partial charge in [0.2, 0.25) is 0 Å². The van der Waals surface area contributed by atoms with E-state index in [0.717, 1.165) is 38.5 Å². The maximum Gasteiger partial charge on any atom is 0.155 e. The van der Waals surface area contributed by atoms with Crippen molar-refractivity contribution in [3.05, 3.63) is 11.6 Å². The van der Waals surface area contributed by atoms with Gasteiger partial charge in [-0.3, -0.25) is 9.59 Å². The van der Waals surface area contributed by atoms with Crippen molar-refractivity contribution in [2.45, 2.75) is 78.6 Å². The minimum atomic E-state index is -0.0483. The molecule has 6 unspecified atom stereocenters. The topological polar surface area (TPSA) is 34.1 Å². The summed E-state index contributed by atoms with van der Waals surface area (Å²) in [6, 6.07) is 0. The van der Waals surface area contributed by atoms with Crippen LogP contribution in [0.15, 0.2) is 11.6 Å². The fourth-order valence-electron chi connectivity index (χ4n) is 7.38. The number of rotatable bonds is 2. The molecular weight excluding hydrogens is 296 g/mol. The van der Waals surface area contributed by atoms with Gasteiger partial charge < -0.3 is 0 Å². The third-order valence-corrected chi connectivity index (χ3v) is 8.79. The maximum absolute atomic E-state index is 12.6. The lowest BCUT2D eigenvalue weighted by Gasteiger charge is -2.62. The summed E-state index contributed by atoms with van der Waals surface area (Å²) < 4.78 is 0. The molecule has 0 radical (unpaired) electrons. The first-order valence-corrected chi connectivity index (χ1v) is 10.2. The summed E-state index contributed by atoms with van der Waals surface area (Å²) in [5, 5.41) is 0. The van der Waals surface area contributed by atoms with E-state index in [-0.39, 0.29) is 5.41 Å². The lowest BCUT2D eigenvalue weighted by atomic mass is 9.42. The first-order chi connectivity index (χ1) is 11.4. The van der Waals surface area contributed by atoms with Crippen molar-refractivity contribution in [3.63, 3.8) is 0 Å². The summed E-state index contributed by atoms with van der Waals surface area (Å²) in [5.41, 5.74) is 1.75. The van der Waals surface area contributed by atoms with Gasteiger partial charge in [0.1, 0.15) is 5.78 Å². The lowest BCUT2D eigenvalue weighted by Crippen LogP contribution is -2.56. The van der Waals surface area contributed by atoms with Crippen molar-refractivity contribution in [1.82, 2.24) is 0 Å². The molecule has 4 aliphatic rings. The molecule has 3 fully saturated rings. The number of hydrogen-bond donors (Lipinski definition) is 0. The lowest BCUT2D eigenvalue weighted by molar-refractivity contribution is -0.144. The van der Waals surface area contributed by atoms with Crippen LogP contribution in [0.1, 0.15) is 78.6 Å². The van der Waals surface area contributed by atoms with Crippen LogP contribution in [-0.4, -0.2) is 11.6 Å². The minimum Gasteiger partial charge on any atom is -0.299 e. The molecule has 0 bridgehead atoms. The second kappa shape index (κ2) is 5.54. The Kier molecular flexibility index (Phi) is 3.82. The van der Waals surface area contributed by atoms with E-state index < -0.39 is 0 Å². The van der Waals surface area contributed by atoms with Gasteiger partial charge in [0.05, 0.1) is 0 Å². The maximum atomic E-state index is 12.6. The SMILES string of the molecule is CCC(C)C12CCC3(C)C(=O)CCC3C1CCC1=CC(=O)CCC12. The zero-order chi connectivity index (χ0) is 17.1. The van der Waals surface area contributed by atoms with Crippen LogP contribution < -0.4 is 0 Å². The molecule has 0 amide bonds. The van der Waals surface area contributed by atoms with E-state index in [4.69, 9.17) is 0 Å². The summed E-state index contributed by atoms with van der Waals surface area (Å²) in [4.78, 5) is 24.6. The molecular formula is C22H32O2. The van der Waals surface area contributed by atoms with Gasteiger partial charge in [-0.1, -0.05) is 32.8 Å². The molecule has 6 atom stereocenters. The Hall–Kier alpha value is -0.920. The average molecular weight is 328 g/mol. The van der Waals surface area contributed by atoms with E-state index in [1.807, 2.05) is 6.08 Å². The van der Waals surface area contributed by atoms with Crippen molar-refractivity contribution < 1.29 is 9.59 Å². The fourth-order valence-corrected chi connectivity index (χ4v) is 7.38. The monoisotopic (exact) mass is 328 g/mol. The molecule has 3 saturated carbocycles. The number of carbonyl (C=O) groups excluding carboxylic acids is 2. The highest BCUT2D eigenvalue weighted by atomic mass is 16.1. The standard InChI is InChI=1S/C22H32O2/c1-4-14(2)22-12-11-21(3)18(9-10-20(21)24)19(22)7-5-15-13-16(23)6-8-17(15)22/h13-14,17-19H,4-12H2,1-3H3. The summed E-state index contributed by atoms with van der Waals surface area (Å²) in [7, 11) is 0. The second-order valence-electron chi connectivity index (χ2n) is 9.33. The van der Waals surface area contributed by atoms with E-state index in [1.54, 1.807) is 0 Å². The number of ketones is 2. The van der Waals surface area contributed by atoms with Crippen molar-refractivity contribution in [2.75, 3.05) is 0 Å².